The summed E-state index contributed by atoms with van der Waals surface area (Å²) in [5, 5.41) is 8.53. The summed E-state index contributed by atoms with van der Waals surface area (Å²) >= 11 is 0. The van der Waals surface area contributed by atoms with Crippen LogP contribution in [-0.2, 0) is 4.74 Å². The zero-order chi connectivity index (χ0) is 18.8. The van der Waals surface area contributed by atoms with Crippen LogP contribution in [0.1, 0.15) is 25.7 Å². The van der Waals surface area contributed by atoms with Crippen LogP contribution in [0.4, 0.5) is 5.82 Å². The topological polar surface area (TPSA) is 76.3 Å². The summed E-state index contributed by atoms with van der Waals surface area (Å²) in [5.74, 6) is 0.915. The van der Waals surface area contributed by atoms with Crippen molar-refractivity contribution in [2.45, 2.75) is 37.8 Å². The molecule has 1 N–H and O–H groups in total. The third-order valence-corrected chi connectivity index (χ3v) is 6.00. The summed E-state index contributed by atoms with van der Waals surface area (Å²) in [4.78, 5) is 11.6. The predicted octanol–water partition coefficient (Wildman–Crippen LogP) is 3.34. The molecule has 0 radical (unpaired) electrons. The SMILES string of the molecule is c1nc(N[C@H]2CC[C@H](N3CCOCC3)CC2)c2cc(-c3cnoc3)ccc2n1. The van der Waals surface area contributed by atoms with E-state index in [4.69, 9.17) is 9.26 Å². The number of hydrogen-bond donors (Lipinski definition) is 1. The summed E-state index contributed by atoms with van der Waals surface area (Å²) < 4.78 is 10.5. The van der Waals surface area contributed by atoms with Crippen molar-refractivity contribution in [2.24, 2.45) is 0 Å². The first-order valence-corrected chi connectivity index (χ1v) is 10.1. The van der Waals surface area contributed by atoms with Crippen LogP contribution in [-0.4, -0.2) is 58.4 Å². The monoisotopic (exact) mass is 379 g/mol. The zero-order valence-electron chi connectivity index (χ0n) is 15.9. The van der Waals surface area contributed by atoms with Crippen LogP contribution in [0.15, 0.2) is 41.5 Å². The smallest absolute Gasteiger partial charge is 0.137 e. The molecule has 0 bridgehead atoms. The molecule has 0 spiro atoms. The van der Waals surface area contributed by atoms with Crippen molar-refractivity contribution >= 4 is 16.7 Å². The Hall–Kier alpha value is -2.51. The average molecular weight is 379 g/mol. The lowest BCUT2D eigenvalue weighted by Crippen LogP contribution is -2.46. The zero-order valence-corrected chi connectivity index (χ0v) is 15.9. The number of anilines is 1. The first-order valence-electron chi connectivity index (χ1n) is 10.1. The number of nitrogens with zero attached hydrogens (tertiary/aromatic N) is 4. The maximum absolute atomic E-state index is 5.49. The average Bonchev–Trinajstić information content (AvgIpc) is 3.30. The second kappa shape index (κ2) is 7.85. The Labute approximate surface area is 164 Å². The molecule has 1 aromatic carbocycles. The van der Waals surface area contributed by atoms with Crippen molar-refractivity contribution in [2.75, 3.05) is 31.6 Å². The fourth-order valence-electron chi connectivity index (χ4n) is 4.42. The molecular formula is C21H25N5O2. The standard InChI is InChI=1S/C21H25N5O2/c1-6-20-19(11-15(1)16-12-24-28-13-16)21(23-14-22-20)25-17-2-4-18(5-3-17)26-7-9-27-10-8-26/h1,6,11-14,17-18H,2-5,7-10H2,(H,22,23,25)/t17-,18-. The third-order valence-electron chi connectivity index (χ3n) is 6.00. The Morgan fingerprint density at radius 2 is 1.86 bits per heavy atom. The van der Waals surface area contributed by atoms with E-state index in [2.05, 4.69) is 31.4 Å². The van der Waals surface area contributed by atoms with Crippen molar-refractivity contribution in [3.63, 3.8) is 0 Å². The molecule has 2 aromatic heterocycles. The van der Waals surface area contributed by atoms with E-state index in [-0.39, 0.29) is 0 Å². The number of fused-ring (bicyclic) bond motifs is 1. The van der Waals surface area contributed by atoms with E-state index in [9.17, 15) is 0 Å². The van der Waals surface area contributed by atoms with Gasteiger partial charge in [0, 0.05) is 36.1 Å². The van der Waals surface area contributed by atoms with Crippen molar-refractivity contribution < 1.29 is 9.26 Å². The summed E-state index contributed by atoms with van der Waals surface area (Å²) in [6.45, 7) is 3.90. The van der Waals surface area contributed by atoms with Crippen LogP contribution in [0, 0.1) is 0 Å². The molecule has 5 rings (SSSR count). The molecule has 28 heavy (non-hydrogen) atoms. The van der Waals surface area contributed by atoms with Crippen LogP contribution < -0.4 is 5.32 Å². The Kier molecular flexibility index (Phi) is 4.93. The van der Waals surface area contributed by atoms with Crippen LogP contribution in [0.25, 0.3) is 22.0 Å². The largest absolute Gasteiger partial charge is 0.379 e. The number of rotatable bonds is 4. The number of nitrogens with one attached hydrogen (secondary N) is 1. The molecule has 3 aromatic rings. The number of hydrogen-bond acceptors (Lipinski definition) is 7. The lowest BCUT2D eigenvalue weighted by Gasteiger charge is -2.39. The summed E-state index contributed by atoms with van der Waals surface area (Å²) in [7, 11) is 0. The summed E-state index contributed by atoms with van der Waals surface area (Å²) in [5.41, 5.74) is 2.96. The first kappa shape index (κ1) is 17.6. The highest BCUT2D eigenvalue weighted by Gasteiger charge is 2.27. The van der Waals surface area contributed by atoms with Crippen LogP contribution in [0.3, 0.4) is 0 Å². The van der Waals surface area contributed by atoms with Gasteiger partial charge in [-0.25, -0.2) is 9.97 Å². The van der Waals surface area contributed by atoms with Crippen LogP contribution in [0.5, 0.6) is 0 Å². The fourth-order valence-corrected chi connectivity index (χ4v) is 4.42. The molecule has 0 unspecified atom stereocenters. The molecule has 1 aliphatic heterocycles. The minimum atomic E-state index is 0.453. The Morgan fingerprint density at radius 3 is 2.64 bits per heavy atom. The molecule has 1 saturated carbocycles. The Bertz CT molecular complexity index is 916. The molecule has 7 heteroatoms. The third kappa shape index (κ3) is 3.59. The van der Waals surface area contributed by atoms with Crippen molar-refractivity contribution in [3.8, 4) is 11.1 Å². The Morgan fingerprint density at radius 1 is 1.00 bits per heavy atom. The highest BCUT2D eigenvalue weighted by atomic mass is 16.5. The van der Waals surface area contributed by atoms with E-state index < -0.39 is 0 Å². The highest BCUT2D eigenvalue weighted by molar-refractivity contribution is 5.92. The maximum Gasteiger partial charge on any atom is 0.137 e. The van der Waals surface area contributed by atoms with Gasteiger partial charge in [-0.2, -0.15) is 0 Å². The van der Waals surface area contributed by atoms with Gasteiger partial charge in [-0.05, 0) is 43.4 Å². The molecule has 0 atom stereocenters. The van der Waals surface area contributed by atoms with Crippen molar-refractivity contribution in [3.05, 3.63) is 37.0 Å². The van der Waals surface area contributed by atoms with E-state index in [1.807, 2.05) is 12.1 Å². The summed E-state index contributed by atoms with van der Waals surface area (Å²) in [6, 6.07) is 7.33. The molecule has 2 fully saturated rings. The molecule has 3 heterocycles. The fraction of sp³-hybridized carbons (Fsp3) is 0.476. The van der Waals surface area contributed by atoms with Crippen LogP contribution in [0.2, 0.25) is 0 Å². The number of ether oxygens (including phenoxy) is 1. The Balaban J connectivity index is 1.30. The van der Waals surface area contributed by atoms with Gasteiger partial charge in [0.2, 0.25) is 0 Å². The van der Waals surface area contributed by atoms with E-state index in [1.165, 1.54) is 25.7 Å². The van der Waals surface area contributed by atoms with Crippen molar-refractivity contribution in [1.29, 1.82) is 0 Å². The molecular weight excluding hydrogens is 354 g/mol. The molecule has 1 saturated heterocycles. The van der Waals surface area contributed by atoms with E-state index in [0.717, 1.165) is 54.2 Å². The van der Waals surface area contributed by atoms with Gasteiger partial charge >= 0.3 is 0 Å². The number of benzene rings is 1. The van der Waals surface area contributed by atoms with Gasteiger partial charge in [0.05, 0.1) is 24.9 Å². The molecule has 0 amide bonds. The van der Waals surface area contributed by atoms with E-state index in [1.54, 1.807) is 18.8 Å². The van der Waals surface area contributed by atoms with E-state index in [0.29, 0.717) is 12.1 Å². The van der Waals surface area contributed by atoms with Gasteiger partial charge in [0.1, 0.15) is 18.4 Å². The first-order chi connectivity index (χ1) is 13.9. The predicted molar refractivity (Wildman–Crippen MR) is 107 cm³/mol. The van der Waals surface area contributed by atoms with Gasteiger partial charge in [0.15, 0.2) is 0 Å². The number of morpholine rings is 1. The van der Waals surface area contributed by atoms with Gasteiger partial charge in [-0.15, -0.1) is 0 Å². The van der Waals surface area contributed by atoms with E-state index >= 15 is 0 Å². The van der Waals surface area contributed by atoms with Crippen molar-refractivity contribution in [1.82, 2.24) is 20.0 Å². The lowest BCUT2D eigenvalue weighted by atomic mass is 9.90. The minimum absolute atomic E-state index is 0.453. The van der Waals surface area contributed by atoms with Gasteiger partial charge in [0.25, 0.3) is 0 Å². The molecule has 1 aliphatic carbocycles. The summed E-state index contributed by atoms with van der Waals surface area (Å²) in [6.07, 6.45) is 9.82. The second-order valence-electron chi connectivity index (χ2n) is 7.67. The van der Waals surface area contributed by atoms with Gasteiger partial charge in [-0.1, -0.05) is 11.2 Å². The maximum atomic E-state index is 5.49. The van der Waals surface area contributed by atoms with Gasteiger partial charge < -0.3 is 14.6 Å². The minimum Gasteiger partial charge on any atom is -0.379 e. The van der Waals surface area contributed by atoms with Gasteiger partial charge in [-0.3, -0.25) is 4.90 Å². The quantitative estimate of drug-likeness (QED) is 0.745. The normalized spacial score (nSPS) is 23.7. The lowest BCUT2D eigenvalue weighted by molar-refractivity contribution is 0.00791. The molecule has 146 valence electrons. The molecule has 7 nitrogen and oxygen atoms in total. The highest BCUT2D eigenvalue weighted by Crippen LogP contribution is 2.30. The van der Waals surface area contributed by atoms with Crippen LogP contribution >= 0.6 is 0 Å². The molecule has 2 aliphatic rings. The number of aromatic nitrogens is 3. The second-order valence-corrected chi connectivity index (χ2v) is 7.67.